The van der Waals surface area contributed by atoms with Crippen LogP contribution >= 0.6 is 0 Å². The second-order valence-corrected chi connectivity index (χ2v) is 30.7. The number of fused-ring (bicyclic) bond motifs is 9. The third kappa shape index (κ3) is 7.63. The van der Waals surface area contributed by atoms with Crippen molar-refractivity contribution in [3.05, 3.63) is 172 Å². The Morgan fingerprint density at radius 3 is 1.51 bits per heavy atom. The average molecular weight is 1040 g/mol. The Labute approximate surface area is 476 Å². The maximum atomic E-state index is 2.85. The number of anilines is 8. The zero-order valence-corrected chi connectivity index (χ0v) is 51.2. The summed E-state index contributed by atoms with van der Waals surface area (Å²) in [5, 5.41) is 0. The van der Waals surface area contributed by atoms with Crippen molar-refractivity contribution in [1.82, 2.24) is 0 Å². The lowest BCUT2D eigenvalue weighted by Crippen LogP contribution is -2.62. The minimum atomic E-state index is -0.138. The van der Waals surface area contributed by atoms with Crippen molar-refractivity contribution in [3.63, 3.8) is 0 Å². The van der Waals surface area contributed by atoms with Gasteiger partial charge in [-0.1, -0.05) is 196 Å². The van der Waals surface area contributed by atoms with E-state index in [2.05, 4.69) is 260 Å². The van der Waals surface area contributed by atoms with Gasteiger partial charge in [-0.05, 0) is 200 Å². The Kier molecular flexibility index (Phi) is 11.3. The molecule has 3 nitrogen and oxygen atoms in total. The van der Waals surface area contributed by atoms with E-state index in [1.165, 1.54) is 150 Å². The van der Waals surface area contributed by atoms with Crippen LogP contribution in [0.2, 0.25) is 0 Å². The SMILES string of the molecule is Cc1cc2c(cc1N1c3ccc(C(C)(C)C)cc3B3c4cc5c(cc4N(c4ccc(C(C)(C)C)cc4-c4ccccc4)c4cc(N6c7ccccc7C7(C)CCCCC67C)cc1c43)C(C)(C)CCC5(C)C)C(C)(C)CCC2(C)C. The molecule has 79 heavy (non-hydrogen) atoms. The number of hydrogen-bond donors (Lipinski definition) is 0. The molecular formula is C75H88BN3. The molecule has 0 saturated heterocycles. The van der Waals surface area contributed by atoms with Gasteiger partial charge in [-0.3, -0.25) is 0 Å². The molecule has 0 amide bonds. The first kappa shape index (κ1) is 52.4. The van der Waals surface area contributed by atoms with Crippen molar-refractivity contribution in [3.8, 4) is 11.1 Å². The molecule has 0 radical (unpaired) electrons. The molecule has 2 atom stereocenters. The molecule has 2 unspecified atom stereocenters. The quantitative estimate of drug-likeness (QED) is 0.163. The van der Waals surface area contributed by atoms with E-state index in [-0.39, 0.29) is 50.2 Å². The third-order valence-electron chi connectivity index (χ3n) is 21.8. The Balaban J connectivity index is 1.22. The summed E-state index contributed by atoms with van der Waals surface area (Å²) >= 11 is 0. The van der Waals surface area contributed by atoms with Gasteiger partial charge in [0.25, 0.3) is 6.71 Å². The molecule has 0 bridgehead atoms. The predicted octanol–water partition coefficient (Wildman–Crippen LogP) is 18.8. The van der Waals surface area contributed by atoms with Crippen molar-refractivity contribution < 1.29 is 0 Å². The fourth-order valence-corrected chi connectivity index (χ4v) is 16.3. The molecule has 1 saturated carbocycles. The van der Waals surface area contributed by atoms with Crippen LogP contribution in [0.1, 0.15) is 207 Å². The first-order chi connectivity index (χ1) is 37.1. The number of para-hydroxylation sites is 1. The van der Waals surface area contributed by atoms with E-state index in [0.717, 1.165) is 19.3 Å². The molecular weight excluding hydrogens is 954 g/mol. The molecule has 0 aromatic heterocycles. The van der Waals surface area contributed by atoms with E-state index in [9.17, 15) is 0 Å². The maximum absolute atomic E-state index is 2.85. The van der Waals surface area contributed by atoms with Gasteiger partial charge < -0.3 is 14.7 Å². The fraction of sp³-hybridized carbons (Fsp3) is 0.440. The van der Waals surface area contributed by atoms with Gasteiger partial charge >= 0.3 is 0 Å². The van der Waals surface area contributed by atoms with Gasteiger partial charge in [-0.15, -0.1) is 0 Å². The number of aryl methyl sites for hydroxylation is 1. The highest BCUT2D eigenvalue weighted by molar-refractivity contribution is 7.00. The molecule has 3 aliphatic carbocycles. The smallest absolute Gasteiger partial charge is 0.252 e. The van der Waals surface area contributed by atoms with E-state index in [1.807, 2.05) is 0 Å². The minimum Gasteiger partial charge on any atom is -0.334 e. The van der Waals surface area contributed by atoms with Crippen LogP contribution in [0.15, 0.2) is 127 Å². The van der Waals surface area contributed by atoms with Crippen LogP contribution in [0.4, 0.5) is 45.5 Å². The highest BCUT2D eigenvalue weighted by Gasteiger charge is 2.58. The van der Waals surface area contributed by atoms with Crippen LogP contribution in [0, 0.1) is 6.92 Å². The highest BCUT2D eigenvalue weighted by atomic mass is 15.3. The van der Waals surface area contributed by atoms with Crippen molar-refractivity contribution in [2.24, 2.45) is 0 Å². The molecule has 7 aromatic carbocycles. The van der Waals surface area contributed by atoms with Gasteiger partial charge in [0.05, 0.1) is 11.2 Å². The lowest BCUT2D eigenvalue weighted by atomic mass is 9.33. The van der Waals surface area contributed by atoms with Gasteiger partial charge in [-0.2, -0.15) is 0 Å². The third-order valence-corrected chi connectivity index (χ3v) is 21.8. The molecule has 4 heteroatoms. The molecule has 0 N–H and O–H groups in total. The van der Waals surface area contributed by atoms with Crippen LogP contribution < -0.4 is 31.1 Å². The molecule has 0 spiro atoms. The Morgan fingerprint density at radius 1 is 0.405 bits per heavy atom. The topological polar surface area (TPSA) is 9.72 Å². The zero-order chi connectivity index (χ0) is 55.9. The van der Waals surface area contributed by atoms with Crippen molar-refractivity contribution in [1.29, 1.82) is 0 Å². The molecule has 3 heterocycles. The predicted molar refractivity (Wildman–Crippen MR) is 341 cm³/mol. The summed E-state index contributed by atoms with van der Waals surface area (Å²) < 4.78 is 0. The summed E-state index contributed by atoms with van der Waals surface area (Å²) in [5.74, 6) is 0. The largest absolute Gasteiger partial charge is 0.334 e. The molecule has 406 valence electrons. The van der Waals surface area contributed by atoms with Crippen LogP contribution in [-0.2, 0) is 37.9 Å². The fourth-order valence-electron chi connectivity index (χ4n) is 16.3. The van der Waals surface area contributed by atoms with Gasteiger partial charge in [0.15, 0.2) is 0 Å². The molecule has 3 aliphatic heterocycles. The Bertz CT molecular complexity index is 3670. The van der Waals surface area contributed by atoms with E-state index in [1.54, 1.807) is 0 Å². The van der Waals surface area contributed by atoms with Crippen LogP contribution in [0.5, 0.6) is 0 Å². The molecule has 7 aromatic rings. The van der Waals surface area contributed by atoms with Crippen molar-refractivity contribution in [2.75, 3.05) is 14.7 Å². The standard InChI is InChI=1S/C75H88BN3/c1-47-39-54-56(72(12,13)37-35-70(54,8)9)45-63(47)78-62-32-30-50(69(5,6)7)41-58(62)76-59-44-55-57(73(14,15)38-36-71(55,10)11)46-64(59)77(60-31-29-49(68(2,3)4)40-52(60)48-25-19-18-20-26-48)65-42-51(43-66(78)67(65)76)79-61-28-22-21-27-53(61)74(16)33-23-24-34-75(74,79)17/h18-22,25-32,39-46H,23-24,33-38H2,1-17H3. The molecule has 6 aliphatic rings. The lowest BCUT2D eigenvalue weighted by molar-refractivity contribution is 0.195. The molecule has 1 fully saturated rings. The summed E-state index contributed by atoms with van der Waals surface area (Å²) in [5.41, 5.74) is 28.6. The number of hydrogen-bond acceptors (Lipinski definition) is 3. The average Bonchev–Trinajstić information content (AvgIpc) is 3.82. The van der Waals surface area contributed by atoms with Crippen molar-refractivity contribution in [2.45, 2.75) is 213 Å². The summed E-state index contributed by atoms with van der Waals surface area (Å²) in [6, 6.07) is 51.9. The summed E-state index contributed by atoms with van der Waals surface area (Å²) in [6.07, 6.45) is 9.48. The van der Waals surface area contributed by atoms with Crippen LogP contribution in [0.3, 0.4) is 0 Å². The number of rotatable bonds is 4. The van der Waals surface area contributed by atoms with Gasteiger partial charge in [0.1, 0.15) is 0 Å². The first-order valence-corrected chi connectivity index (χ1v) is 30.4. The highest BCUT2D eigenvalue weighted by Crippen LogP contribution is 2.62. The second kappa shape index (κ2) is 17.0. The second-order valence-electron chi connectivity index (χ2n) is 30.7. The minimum absolute atomic E-state index is 0.00345. The van der Waals surface area contributed by atoms with Crippen LogP contribution in [-0.4, -0.2) is 12.3 Å². The van der Waals surface area contributed by atoms with Gasteiger partial charge in [-0.25, -0.2) is 0 Å². The van der Waals surface area contributed by atoms with E-state index < -0.39 is 0 Å². The normalized spacial score (nSPS) is 22.7. The van der Waals surface area contributed by atoms with E-state index >= 15 is 0 Å². The number of nitrogens with zero attached hydrogens (tertiary/aromatic N) is 3. The summed E-state index contributed by atoms with van der Waals surface area (Å²) in [6.45, 7) is 41.9. The number of benzene rings is 7. The summed E-state index contributed by atoms with van der Waals surface area (Å²) in [4.78, 5) is 8.41. The Hall–Kier alpha value is -6.00. The lowest BCUT2D eigenvalue weighted by Gasteiger charge is -2.51. The van der Waals surface area contributed by atoms with Gasteiger partial charge in [0.2, 0.25) is 0 Å². The monoisotopic (exact) mass is 1040 g/mol. The van der Waals surface area contributed by atoms with E-state index in [4.69, 9.17) is 0 Å². The summed E-state index contributed by atoms with van der Waals surface area (Å²) in [7, 11) is 0. The zero-order valence-electron chi connectivity index (χ0n) is 51.2. The van der Waals surface area contributed by atoms with E-state index in [0.29, 0.717) is 0 Å². The van der Waals surface area contributed by atoms with Crippen LogP contribution in [0.25, 0.3) is 11.1 Å². The van der Waals surface area contributed by atoms with Crippen molar-refractivity contribution >= 4 is 68.6 Å². The maximum Gasteiger partial charge on any atom is 0.252 e. The van der Waals surface area contributed by atoms with Gasteiger partial charge in [0, 0.05) is 50.8 Å². The molecule has 13 rings (SSSR count). The Morgan fingerprint density at radius 2 is 0.899 bits per heavy atom. The first-order valence-electron chi connectivity index (χ1n) is 30.4.